The van der Waals surface area contributed by atoms with Gasteiger partial charge in [-0.25, -0.2) is 4.98 Å². The Morgan fingerprint density at radius 1 is 0.378 bits per heavy atom. The maximum Gasteiger partial charge on any atom is 0.100 e. The number of fused-ring (bicyclic) bond motifs is 9. The molecule has 3 heterocycles. The molecule has 0 radical (unpaired) electrons. The normalized spacial score (nSPS) is 12.0. The van der Waals surface area contributed by atoms with Crippen molar-refractivity contribution in [2.24, 2.45) is 0 Å². The smallest absolute Gasteiger partial charge is 0.100 e. The molecule has 0 atom stereocenters. The number of aromatic nitrogens is 4. The van der Waals surface area contributed by atoms with Gasteiger partial charge in [0, 0.05) is 38.6 Å². The van der Waals surface area contributed by atoms with Crippen molar-refractivity contribution in [1.29, 1.82) is 0 Å². The fourth-order valence-corrected chi connectivity index (χ4v) is 7.31. The third kappa shape index (κ3) is 3.45. The van der Waals surface area contributed by atoms with E-state index < -0.39 is 0 Å². The van der Waals surface area contributed by atoms with Crippen molar-refractivity contribution in [3.8, 4) is 17.1 Å². The number of benzene rings is 7. The summed E-state index contributed by atoms with van der Waals surface area (Å²) in [5.74, 6) is 0. The van der Waals surface area contributed by atoms with Crippen LogP contribution in [0, 0.1) is 0 Å². The van der Waals surface area contributed by atoms with Crippen molar-refractivity contribution in [3.63, 3.8) is 0 Å². The lowest BCUT2D eigenvalue weighted by atomic mass is 10.0. The molecule has 0 bridgehead atoms. The Labute approximate surface area is 258 Å². The lowest BCUT2D eigenvalue weighted by Gasteiger charge is -2.10. The highest BCUT2D eigenvalue weighted by atomic mass is 15.1. The molecule has 4 nitrogen and oxygen atoms in total. The van der Waals surface area contributed by atoms with Crippen LogP contribution in [0.15, 0.2) is 158 Å². The van der Waals surface area contributed by atoms with E-state index >= 15 is 0 Å². The van der Waals surface area contributed by atoms with E-state index in [2.05, 4.69) is 159 Å². The van der Waals surface area contributed by atoms with Crippen molar-refractivity contribution in [2.75, 3.05) is 0 Å². The number of nitrogens with zero attached hydrogens (tertiary/aromatic N) is 4. The summed E-state index contributed by atoms with van der Waals surface area (Å²) < 4.78 is 7.01. The van der Waals surface area contributed by atoms with Crippen molar-refractivity contribution >= 4 is 65.4 Å². The molecule has 0 saturated heterocycles. The molecule has 10 aromatic rings. The van der Waals surface area contributed by atoms with Crippen molar-refractivity contribution in [2.45, 2.75) is 0 Å². The molecule has 0 saturated carbocycles. The minimum Gasteiger partial charge on any atom is -0.309 e. The summed E-state index contributed by atoms with van der Waals surface area (Å²) >= 11 is 0. The molecule has 3 aromatic heterocycles. The molecule has 0 fully saturated rings. The third-order valence-electron chi connectivity index (χ3n) is 9.27. The van der Waals surface area contributed by atoms with Crippen LogP contribution < -0.4 is 0 Å². The molecule has 0 aliphatic carbocycles. The van der Waals surface area contributed by atoms with Gasteiger partial charge in [-0.2, -0.15) is 0 Å². The minimum absolute atomic E-state index is 0.976. The first-order valence-corrected chi connectivity index (χ1v) is 15.3. The highest BCUT2D eigenvalue weighted by Gasteiger charge is 2.21. The molecule has 0 unspecified atom stereocenters. The average molecular weight is 575 g/mol. The number of rotatable bonds is 3. The molecule has 4 heteroatoms. The first-order valence-electron chi connectivity index (χ1n) is 15.3. The Kier molecular flexibility index (Phi) is 4.96. The Balaban J connectivity index is 1.35. The summed E-state index contributed by atoms with van der Waals surface area (Å²) in [6, 6.07) is 54.6. The van der Waals surface area contributed by atoms with Gasteiger partial charge in [0.1, 0.15) is 6.33 Å². The summed E-state index contributed by atoms with van der Waals surface area (Å²) in [6.07, 6.45) is 1.92. The van der Waals surface area contributed by atoms with Crippen LogP contribution >= 0.6 is 0 Å². The van der Waals surface area contributed by atoms with Crippen LogP contribution in [-0.2, 0) is 0 Å². The second-order valence-electron chi connectivity index (χ2n) is 11.7. The average Bonchev–Trinajstić information content (AvgIpc) is 3.77. The lowest BCUT2D eigenvalue weighted by molar-refractivity contribution is 1.09. The highest BCUT2D eigenvalue weighted by molar-refractivity contribution is 6.30. The van der Waals surface area contributed by atoms with E-state index in [1.807, 2.05) is 12.4 Å². The quantitative estimate of drug-likeness (QED) is 0.206. The Hall–Kier alpha value is -6.13. The van der Waals surface area contributed by atoms with Gasteiger partial charge in [0.05, 0.1) is 33.1 Å². The standard InChI is InChI=1S/C41H26N4/c1-3-13-29(14-4-1)43-26-42-34-20-19-31(25-39(34)43)45-35-18-10-9-17-32(35)40-36(45)21-22-37-41(40)33-23-27-11-7-8-12-28(27)24-38(33)44(37)30-15-5-2-6-16-30/h1-26H. The van der Waals surface area contributed by atoms with Gasteiger partial charge in [0.15, 0.2) is 0 Å². The predicted molar refractivity (Wildman–Crippen MR) is 187 cm³/mol. The molecular formula is C41H26N4. The topological polar surface area (TPSA) is 27.7 Å². The van der Waals surface area contributed by atoms with Gasteiger partial charge >= 0.3 is 0 Å². The van der Waals surface area contributed by atoms with Gasteiger partial charge in [-0.3, -0.25) is 4.57 Å². The van der Waals surface area contributed by atoms with E-state index in [4.69, 9.17) is 4.98 Å². The Bertz CT molecular complexity index is 2750. The lowest BCUT2D eigenvalue weighted by Crippen LogP contribution is -1.96. The predicted octanol–water partition coefficient (Wildman–Crippen LogP) is 10.4. The summed E-state index contributed by atoms with van der Waals surface area (Å²) in [4.78, 5) is 4.72. The van der Waals surface area contributed by atoms with Crippen LogP contribution in [0.1, 0.15) is 0 Å². The van der Waals surface area contributed by atoms with Crippen LogP contribution in [0.25, 0.3) is 82.5 Å². The molecule has 0 N–H and O–H groups in total. The second-order valence-corrected chi connectivity index (χ2v) is 11.7. The molecule has 0 amide bonds. The van der Waals surface area contributed by atoms with E-state index in [0.717, 1.165) is 28.1 Å². The first kappa shape index (κ1) is 24.3. The van der Waals surface area contributed by atoms with Gasteiger partial charge in [0.2, 0.25) is 0 Å². The summed E-state index contributed by atoms with van der Waals surface area (Å²) in [5, 5.41) is 7.55. The van der Waals surface area contributed by atoms with Gasteiger partial charge in [-0.1, -0.05) is 78.9 Å². The third-order valence-corrected chi connectivity index (χ3v) is 9.27. The van der Waals surface area contributed by atoms with Crippen LogP contribution in [0.5, 0.6) is 0 Å². The van der Waals surface area contributed by atoms with E-state index in [9.17, 15) is 0 Å². The monoisotopic (exact) mass is 574 g/mol. The fraction of sp³-hybridized carbons (Fsp3) is 0. The SMILES string of the molecule is c1ccc(-n2cnc3ccc(-n4c5ccccc5c5c6c7cc8ccccc8cc7n(-c7ccccc7)c6ccc54)cc32)cc1. The van der Waals surface area contributed by atoms with Crippen LogP contribution in [-0.4, -0.2) is 18.7 Å². The number of hydrogen-bond acceptors (Lipinski definition) is 1. The van der Waals surface area contributed by atoms with Gasteiger partial charge in [0.25, 0.3) is 0 Å². The van der Waals surface area contributed by atoms with Gasteiger partial charge in [-0.05, 0) is 83.6 Å². The number of para-hydroxylation sites is 3. The summed E-state index contributed by atoms with van der Waals surface area (Å²) in [6.45, 7) is 0. The molecule has 7 aromatic carbocycles. The van der Waals surface area contributed by atoms with Crippen LogP contribution in [0.4, 0.5) is 0 Å². The minimum atomic E-state index is 0.976. The molecule has 0 aliphatic rings. The zero-order valence-electron chi connectivity index (χ0n) is 24.3. The van der Waals surface area contributed by atoms with Crippen molar-refractivity contribution in [3.05, 3.63) is 158 Å². The van der Waals surface area contributed by atoms with Crippen molar-refractivity contribution < 1.29 is 0 Å². The molecule has 210 valence electrons. The first-order chi connectivity index (χ1) is 22.3. The van der Waals surface area contributed by atoms with E-state index in [0.29, 0.717) is 0 Å². The van der Waals surface area contributed by atoms with E-state index in [1.165, 1.54) is 54.4 Å². The molecule has 0 aliphatic heterocycles. The summed E-state index contributed by atoms with van der Waals surface area (Å²) in [7, 11) is 0. The number of imidazole rings is 1. The van der Waals surface area contributed by atoms with Crippen LogP contribution in [0.3, 0.4) is 0 Å². The second kappa shape index (κ2) is 9.18. The molecule has 10 rings (SSSR count). The van der Waals surface area contributed by atoms with Gasteiger partial charge in [-0.15, -0.1) is 0 Å². The molecule has 0 spiro atoms. The van der Waals surface area contributed by atoms with Crippen molar-refractivity contribution in [1.82, 2.24) is 18.7 Å². The highest BCUT2D eigenvalue weighted by Crippen LogP contribution is 2.43. The fourth-order valence-electron chi connectivity index (χ4n) is 7.31. The maximum absolute atomic E-state index is 4.72. The largest absolute Gasteiger partial charge is 0.309 e. The molecule has 45 heavy (non-hydrogen) atoms. The molecular weight excluding hydrogens is 548 g/mol. The Morgan fingerprint density at radius 2 is 1.00 bits per heavy atom. The van der Waals surface area contributed by atoms with Gasteiger partial charge < -0.3 is 9.13 Å². The van der Waals surface area contributed by atoms with Crippen LogP contribution in [0.2, 0.25) is 0 Å². The van der Waals surface area contributed by atoms with E-state index in [-0.39, 0.29) is 0 Å². The van der Waals surface area contributed by atoms with E-state index in [1.54, 1.807) is 0 Å². The zero-order valence-corrected chi connectivity index (χ0v) is 24.3. The zero-order chi connectivity index (χ0) is 29.5. The summed E-state index contributed by atoms with van der Waals surface area (Å²) in [5.41, 5.74) is 10.2. The number of hydrogen-bond donors (Lipinski definition) is 0. The maximum atomic E-state index is 4.72. The Morgan fingerprint density at radius 3 is 1.78 bits per heavy atom.